The van der Waals surface area contributed by atoms with Crippen molar-refractivity contribution in [3.63, 3.8) is 0 Å². The maximum Gasteiger partial charge on any atom is 0.412 e. The number of benzene rings is 3. The number of nitrogens with zero attached hydrogens (tertiary/aromatic N) is 2. The lowest BCUT2D eigenvalue weighted by Gasteiger charge is -2.37. The smallest absolute Gasteiger partial charge is 0.412 e. The summed E-state index contributed by atoms with van der Waals surface area (Å²) in [6, 6.07) is 12.4. The summed E-state index contributed by atoms with van der Waals surface area (Å²) in [4.78, 5) is 38.8. The number of rotatable bonds is 5. The molecule has 0 aromatic heterocycles. The molecule has 0 bridgehead atoms. The zero-order valence-corrected chi connectivity index (χ0v) is 23.0. The van der Waals surface area contributed by atoms with Crippen LogP contribution in [0.3, 0.4) is 0 Å². The summed E-state index contributed by atoms with van der Waals surface area (Å²) in [6.45, 7) is 4.10. The lowest BCUT2D eigenvalue weighted by molar-refractivity contribution is 0.0568. The number of imide groups is 1. The van der Waals surface area contributed by atoms with Crippen molar-refractivity contribution in [3.8, 4) is 5.75 Å². The van der Waals surface area contributed by atoms with E-state index in [1.54, 1.807) is 32.9 Å². The van der Waals surface area contributed by atoms with Crippen LogP contribution in [0.25, 0.3) is 0 Å². The van der Waals surface area contributed by atoms with Crippen LogP contribution in [-0.4, -0.2) is 56.0 Å². The van der Waals surface area contributed by atoms with E-state index in [4.69, 9.17) is 9.47 Å². The van der Waals surface area contributed by atoms with Crippen molar-refractivity contribution >= 4 is 39.3 Å². The van der Waals surface area contributed by atoms with Gasteiger partial charge in [0.25, 0.3) is 21.8 Å². The highest BCUT2D eigenvalue weighted by Gasteiger charge is 2.41. The van der Waals surface area contributed by atoms with Gasteiger partial charge < -0.3 is 9.47 Å². The number of amides is 3. The number of ether oxygens (including phenoxy) is 2. The molecule has 0 unspecified atom stereocenters. The molecule has 0 spiro atoms. The standard InChI is InChI=1S/C28H25F2N3O7S/c1-28(2,3)40-27(36)31-17-12-22(30)24-23(13-17)33(41(37,38)19-10-8-16(29)9-11-19)15-18(39-24)14-32-25(34)20-6-4-5-7-21(20)26(32)35/h4-13,18H,14-15H2,1-3H3,(H,31,36)/t18-/m0/s1. The summed E-state index contributed by atoms with van der Waals surface area (Å²) >= 11 is 0. The second-order valence-electron chi connectivity index (χ2n) is 10.4. The van der Waals surface area contributed by atoms with E-state index in [0.717, 1.165) is 39.5 Å². The molecular weight excluding hydrogens is 560 g/mol. The Balaban J connectivity index is 1.52. The average Bonchev–Trinajstić information content (AvgIpc) is 3.12. The quantitative estimate of drug-likeness (QED) is 0.436. The average molecular weight is 586 g/mol. The fraction of sp³-hybridized carbons (Fsp3) is 0.250. The predicted molar refractivity (Wildman–Crippen MR) is 143 cm³/mol. The van der Waals surface area contributed by atoms with Gasteiger partial charge in [0.15, 0.2) is 11.6 Å². The minimum atomic E-state index is -4.44. The van der Waals surface area contributed by atoms with Crippen LogP contribution in [0.15, 0.2) is 65.6 Å². The third-order valence-electron chi connectivity index (χ3n) is 6.26. The van der Waals surface area contributed by atoms with Gasteiger partial charge in [-0.2, -0.15) is 0 Å². The van der Waals surface area contributed by atoms with Crippen molar-refractivity contribution in [1.29, 1.82) is 0 Å². The van der Waals surface area contributed by atoms with Crippen LogP contribution >= 0.6 is 0 Å². The van der Waals surface area contributed by atoms with Gasteiger partial charge >= 0.3 is 6.09 Å². The largest absolute Gasteiger partial charge is 0.481 e. The monoisotopic (exact) mass is 585 g/mol. The molecule has 0 fully saturated rings. The van der Waals surface area contributed by atoms with E-state index in [1.165, 1.54) is 18.2 Å². The van der Waals surface area contributed by atoms with Crippen molar-refractivity contribution in [2.75, 3.05) is 22.7 Å². The summed E-state index contributed by atoms with van der Waals surface area (Å²) in [5.41, 5.74) is -0.840. The third kappa shape index (κ3) is 5.44. The van der Waals surface area contributed by atoms with Gasteiger partial charge in [-0.3, -0.25) is 24.1 Å². The van der Waals surface area contributed by atoms with Gasteiger partial charge in [-0.05, 0) is 63.2 Å². The van der Waals surface area contributed by atoms with Crippen molar-refractivity contribution in [2.24, 2.45) is 0 Å². The maximum atomic E-state index is 15.5. The van der Waals surface area contributed by atoms with E-state index in [1.807, 2.05) is 0 Å². The number of carbonyl (C=O) groups is 3. The first-order valence-corrected chi connectivity index (χ1v) is 13.9. The first kappa shape index (κ1) is 28.0. The molecule has 3 aromatic rings. The van der Waals surface area contributed by atoms with Crippen LogP contribution < -0.4 is 14.4 Å². The summed E-state index contributed by atoms with van der Waals surface area (Å²) in [5.74, 6) is -3.33. The molecule has 2 aliphatic rings. The molecule has 0 radical (unpaired) electrons. The number of sulfonamides is 1. The Morgan fingerprint density at radius 1 is 1.02 bits per heavy atom. The molecule has 1 atom stereocenters. The van der Waals surface area contributed by atoms with Crippen LogP contribution in [0.5, 0.6) is 5.75 Å². The SMILES string of the molecule is CC(C)(C)OC(=O)Nc1cc(F)c2c(c1)N(S(=O)(=O)c1ccc(F)cc1)C[C@H](CN1C(=O)c3ccccc3C1=O)O2. The number of hydrogen-bond acceptors (Lipinski definition) is 7. The molecule has 2 heterocycles. The number of anilines is 2. The van der Waals surface area contributed by atoms with Crippen LogP contribution in [-0.2, 0) is 14.8 Å². The van der Waals surface area contributed by atoms with E-state index in [9.17, 15) is 27.2 Å². The second-order valence-corrected chi connectivity index (χ2v) is 12.3. The molecule has 41 heavy (non-hydrogen) atoms. The van der Waals surface area contributed by atoms with Crippen molar-refractivity contribution in [3.05, 3.63) is 83.4 Å². The normalized spacial score (nSPS) is 16.7. The van der Waals surface area contributed by atoms with Gasteiger partial charge in [-0.1, -0.05) is 12.1 Å². The molecule has 13 heteroatoms. The number of hydrogen-bond donors (Lipinski definition) is 1. The Labute approximate surface area is 234 Å². The molecule has 3 aromatic carbocycles. The van der Waals surface area contributed by atoms with Crippen LogP contribution in [0.1, 0.15) is 41.5 Å². The van der Waals surface area contributed by atoms with Gasteiger partial charge in [0.1, 0.15) is 17.5 Å². The number of nitrogens with one attached hydrogen (secondary N) is 1. The molecule has 0 aliphatic carbocycles. The van der Waals surface area contributed by atoms with Crippen molar-refractivity contribution in [1.82, 2.24) is 4.90 Å². The highest BCUT2D eigenvalue weighted by molar-refractivity contribution is 7.92. The highest BCUT2D eigenvalue weighted by Crippen LogP contribution is 2.41. The topological polar surface area (TPSA) is 122 Å². The van der Waals surface area contributed by atoms with Gasteiger partial charge in [0.05, 0.1) is 34.8 Å². The fourth-order valence-corrected chi connectivity index (χ4v) is 6.02. The minimum absolute atomic E-state index is 0.114. The molecule has 3 amide bonds. The van der Waals surface area contributed by atoms with Crippen molar-refractivity contribution in [2.45, 2.75) is 37.4 Å². The molecule has 0 saturated heterocycles. The Kier molecular flexibility index (Phi) is 6.93. The first-order valence-electron chi connectivity index (χ1n) is 12.5. The Morgan fingerprint density at radius 2 is 1.63 bits per heavy atom. The van der Waals surface area contributed by atoms with Crippen LogP contribution in [0.2, 0.25) is 0 Å². The summed E-state index contributed by atoms with van der Waals surface area (Å²) in [7, 11) is -4.44. The molecule has 2 aliphatic heterocycles. The zero-order chi connectivity index (χ0) is 29.7. The molecule has 214 valence electrons. The van der Waals surface area contributed by atoms with E-state index in [2.05, 4.69) is 5.32 Å². The number of halogens is 2. The zero-order valence-electron chi connectivity index (χ0n) is 22.2. The fourth-order valence-electron chi connectivity index (χ4n) is 4.53. The first-order chi connectivity index (χ1) is 19.2. The molecule has 10 nitrogen and oxygen atoms in total. The van der Waals surface area contributed by atoms with Crippen LogP contribution in [0.4, 0.5) is 25.0 Å². The second kappa shape index (κ2) is 10.1. The summed E-state index contributed by atoms with van der Waals surface area (Å²) in [6.07, 6.45) is -2.07. The van der Waals surface area contributed by atoms with Gasteiger partial charge in [0.2, 0.25) is 0 Å². The molecule has 0 saturated carbocycles. The van der Waals surface area contributed by atoms with Crippen LogP contribution in [0, 0.1) is 11.6 Å². The molecule has 1 N–H and O–H groups in total. The summed E-state index contributed by atoms with van der Waals surface area (Å²) in [5, 5.41) is 2.37. The molecule has 5 rings (SSSR count). The van der Waals surface area contributed by atoms with Gasteiger partial charge in [-0.15, -0.1) is 0 Å². The van der Waals surface area contributed by atoms with Gasteiger partial charge in [0, 0.05) is 11.8 Å². The minimum Gasteiger partial charge on any atom is -0.481 e. The third-order valence-corrected chi connectivity index (χ3v) is 8.05. The van der Waals surface area contributed by atoms with E-state index in [-0.39, 0.29) is 33.9 Å². The lowest BCUT2D eigenvalue weighted by Crippen LogP contribution is -2.49. The number of carbonyl (C=O) groups excluding carboxylic acids is 3. The Hall–Kier alpha value is -4.52. The van der Waals surface area contributed by atoms with E-state index in [0.29, 0.717) is 0 Å². The predicted octanol–water partition coefficient (Wildman–Crippen LogP) is 4.56. The lowest BCUT2D eigenvalue weighted by atomic mass is 10.1. The van der Waals surface area contributed by atoms with E-state index >= 15 is 4.39 Å². The maximum absolute atomic E-state index is 15.5. The Bertz CT molecular complexity index is 1640. The molecular formula is C28H25F2N3O7S. The van der Waals surface area contributed by atoms with Crippen molar-refractivity contribution < 1.29 is 41.1 Å². The highest BCUT2D eigenvalue weighted by atomic mass is 32.2. The Morgan fingerprint density at radius 3 is 2.22 bits per heavy atom. The summed E-state index contributed by atoms with van der Waals surface area (Å²) < 4.78 is 68.4. The number of fused-ring (bicyclic) bond motifs is 2. The van der Waals surface area contributed by atoms with Gasteiger partial charge in [-0.25, -0.2) is 22.0 Å². The van der Waals surface area contributed by atoms with E-state index < -0.39 is 63.6 Å².